The van der Waals surface area contributed by atoms with Crippen LogP contribution in [0.15, 0.2) is 23.2 Å². The summed E-state index contributed by atoms with van der Waals surface area (Å²) >= 11 is 0. The molecule has 3 N–H and O–H groups in total. The SMILES string of the molecule is CC(C)CNC(N)=NCc1ccc(N2CCN(C(=O)OC(C)(C)C)CC2)c(F)c1.I. The lowest BCUT2D eigenvalue weighted by Crippen LogP contribution is -2.50. The Morgan fingerprint density at radius 1 is 1.27 bits per heavy atom. The summed E-state index contributed by atoms with van der Waals surface area (Å²) in [5.41, 5.74) is 6.60. The molecule has 1 amide bonds. The molecule has 0 aliphatic carbocycles. The molecule has 0 unspecified atom stereocenters. The number of rotatable bonds is 5. The minimum absolute atomic E-state index is 0. The number of aliphatic imine (C=N–C) groups is 1. The first kappa shape index (κ1) is 26.3. The molecule has 0 aromatic heterocycles. The van der Waals surface area contributed by atoms with E-state index in [-0.39, 0.29) is 35.9 Å². The fourth-order valence-electron chi connectivity index (χ4n) is 2.90. The van der Waals surface area contributed by atoms with Crippen LogP contribution in [-0.4, -0.2) is 55.3 Å². The highest BCUT2D eigenvalue weighted by molar-refractivity contribution is 14.0. The van der Waals surface area contributed by atoms with Crippen molar-refractivity contribution in [2.24, 2.45) is 16.6 Å². The van der Waals surface area contributed by atoms with Crippen LogP contribution in [0, 0.1) is 11.7 Å². The molecular formula is C21H35FIN5O2. The van der Waals surface area contributed by atoms with Crippen molar-refractivity contribution in [3.63, 3.8) is 0 Å². The van der Waals surface area contributed by atoms with Gasteiger partial charge < -0.3 is 25.6 Å². The summed E-state index contributed by atoms with van der Waals surface area (Å²) in [5, 5.41) is 3.04. The Hall–Kier alpha value is -1.78. The van der Waals surface area contributed by atoms with E-state index in [4.69, 9.17) is 10.5 Å². The van der Waals surface area contributed by atoms with Crippen LogP contribution >= 0.6 is 24.0 Å². The minimum atomic E-state index is -0.521. The minimum Gasteiger partial charge on any atom is -0.444 e. The number of nitrogens with zero attached hydrogens (tertiary/aromatic N) is 3. The van der Waals surface area contributed by atoms with E-state index in [1.807, 2.05) is 31.7 Å². The van der Waals surface area contributed by atoms with E-state index in [1.165, 1.54) is 6.07 Å². The highest BCUT2D eigenvalue weighted by atomic mass is 127. The summed E-state index contributed by atoms with van der Waals surface area (Å²) < 4.78 is 20.0. The number of hydrogen-bond donors (Lipinski definition) is 2. The summed E-state index contributed by atoms with van der Waals surface area (Å²) in [6.07, 6.45) is -0.325. The Morgan fingerprint density at radius 2 is 1.90 bits per heavy atom. The number of ether oxygens (including phenoxy) is 1. The predicted octanol–water partition coefficient (Wildman–Crippen LogP) is 3.56. The maximum absolute atomic E-state index is 14.6. The lowest BCUT2D eigenvalue weighted by molar-refractivity contribution is 0.0240. The summed E-state index contributed by atoms with van der Waals surface area (Å²) in [5.74, 6) is 0.537. The van der Waals surface area contributed by atoms with Gasteiger partial charge in [-0.15, -0.1) is 24.0 Å². The first-order valence-corrected chi connectivity index (χ1v) is 10.1. The van der Waals surface area contributed by atoms with Gasteiger partial charge in [-0.1, -0.05) is 19.9 Å². The highest BCUT2D eigenvalue weighted by Crippen LogP contribution is 2.23. The first-order valence-electron chi connectivity index (χ1n) is 10.1. The van der Waals surface area contributed by atoms with Crippen molar-refractivity contribution in [2.75, 3.05) is 37.6 Å². The second-order valence-corrected chi connectivity index (χ2v) is 8.72. The molecule has 170 valence electrons. The molecule has 1 heterocycles. The topological polar surface area (TPSA) is 83.2 Å². The number of halogens is 2. The van der Waals surface area contributed by atoms with Gasteiger partial charge in [0.2, 0.25) is 0 Å². The van der Waals surface area contributed by atoms with Gasteiger partial charge in [0.15, 0.2) is 5.96 Å². The van der Waals surface area contributed by atoms with Crippen molar-refractivity contribution in [3.05, 3.63) is 29.6 Å². The van der Waals surface area contributed by atoms with Gasteiger partial charge in [0.1, 0.15) is 11.4 Å². The van der Waals surface area contributed by atoms with Gasteiger partial charge in [-0.05, 0) is 44.4 Å². The number of piperazine rings is 1. The van der Waals surface area contributed by atoms with Crippen molar-refractivity contribution in [1.82, 2.24) is 10.2 Å². The monoisotopic (exact) mass is 535 g/mol. The Bertz CT molecular complexity index is 729. The van der Waals surface area contributed by atoms with Crippen LogP contribution in [0.4, 0.5) is 14.9 Å². The number of anilines is 1. The number of nitrogens with two attached hydrogens (primary N) is 1. The van der Waals surface area contributed by atoms with Crippen LogP contribution in [0.5, 0.6) is 0 Å². The summed E-state index contributed by atoms with van der Waals surface area (Å²) in [7, 11) is 0. The largest absolute Gasteiger partial charge is 0.444 e. The van der Waals surface area contributed by atoms with Gasteiger partial charge >= 0.3 is 6.09 Å². The smallest absolute Gasteiger partial charge is 0.410 e. The van der Waals surface area contributed by atoms with Crippen LogP contribution < -0.4 is 16.0 Å². The van der Waals surface area contributed by atoms with Crippen molar-refractivity contribution in [1.29, 1.82) is 0 Å². The lowest BCUT2D eigenvalue weighted by atomic mass is 10.1. The van der Waals surface area contributed by atoms with Gasteiger partial charge in [0, 0.05) is 32.7 Å². The molecule has 7 nitrogen and oxygen atoms in total. The predicted molar refractivity (Wildman–Crippen MR) is 130 cm³/mol. The normalized spacial score (nSPS) is 15.1. The van der Waals surface area contributed by atoms with Crippen LogP contribution in [0.3, 0.4) is 0 Å². The Labute approximate surface area is 196 Å². The van der Waals surface area contributed by atoms with Gasteiger partial charge in [-0.3, -0.25) is 0 Å². The average Bonchev–Trinajstić information content (AvgIpc) is 2.63. The Kier molecular flexibility index (Phi) is 10.1. The van der Waals surface area contributed by atoms with Gasteiger partial charge in [0.25, 0.3) is 0 Å². The van der Waals surface area contributed by atoms with Gasteiger partial charge in [-0.25, -0.2) is 14.2 Å². The molecule has 0 atom stereocenters. The number of carbonyl (C=O) groups is 1. The van der Waals surface area contributed by atoms with Crippen LogP contribution in [0.2, 0.25) is 0 Å². The molecule has 1 aliphatic heterocycles. The quantitative estimate of drug-likeness (QED) is 0.343. The zero-order valence-corrected chi connectivity index (χ0v) is 20.9. The van der Waals surface area contributed by atoms with Gasteiger partial charge in [-0.2, -0.15) is 0 Å². The molecule has 1 fully saturated rings. The number of amides is 1. The molecule has 0 bridgehead atoms. The fourth-order valence-corrected chi connectivity index (χ4v) is 2.90. The second-order valence-electron chi connectivity index (χ2n) is 8.72. The van der Waals surface area contributed by atoms with Crippen LogP contribution in [0.25, 0.3) is 0 Å². The molecule has 0 saturated carbocycles. The summed E-state index contributed by atoms with van der Waals surface area (Å²) in [6, 6.07) is 5.12. The maximum atomic E-state index is 14.6. The molecule has 2 rings (SSSR count). The zero-order valence-electron chi connectivity index (χ0n) is 18.6. The molecular weight excluding hydrogens is 500 g/mol. The maximum Gasteiger partial charge on any atom is 0.410 e. The van der Waals surface area contributed by atoms with Crippen molar-refractivity contribution < 1.29 is 13.9 Å². The van der Waals surface area contributed by atoms with E-state index in [1.54, 1.807) is 11.0 Å². The number of hydrogen-bond acceptors (Lipinski definition) is 4. The van der Waals surface area contributed by atoms with E-state index in [2.05, 4.69) is 24.2 Å². The van der Waals surface area contributed by atoms with Crippen molar-refractivity contribution >= 4 is 41.7 Å². The number of nitrogens with one attached hydrogen (secondary N) is 1. The van der Waals surface area contributed by atoms with Crippen molar-refractivity contribution in [2.45, 2.75) is 46.8 Å². The van der Waals surface area contributed by atoms with E-state index in [9.17, 15) is 9.18 Å². The molecule has 1 aromatic rings. The van der Waals surface area contributed by atoms with Crippen molar-refractivity contribution in [3.8, 4) is 0 Å². The average molecular weight is 535 g/mol. The standard InChI is InChI=1S/C21H34FN5O2.HI/c1-15(2)13-24-19(23)25-14-16-6-7-18(17(22)12-16)26-8-10-27(11-9-26)20(28)29-21(3,4)5;/h6-7,12,15H,8-11,13-14H2,1-5H3,(H3,23,24,25);1H. The molecule has 1 aliphatic rings. The van der Waals surface area contributed by atoms with Crippen LogP contribution in [0.1, 0.15) is 40.2 Å². The van der Waals surface area contributed by atoms with E-state index in [0.717, 1.165) is 12.1 Å². The third-order valence-electron chi connectivity index (χ3n) is 4.41. The van der Waals surface area contributed by atoms with Crippen LogP contribution in [-0.2, 0) is 11.3 Å². The molecule has 0 spiro atoms. The number of benzene rings is 1. The fraction of sp³-hybridized carbons (Fsp3) is 0.619. The lowest BCUT2D eigenvalue weighted by Gasteiger charge is -2.36. The third-order valence-corrected chi connectivity index (χ3v) is 4.41. The number of carbonyl (C=O) groups excluding carboxylic acids is 1. The van der Waals surface area contributed by atoms with E-state index in [0.29, 0.717) is 50.3 Å². The molecule has 30 heavy (non-hydrogen) atoms. The van der Waals surface area contributed by atoms with E-state index < -0.39 is 5.60 Å². The van der Waals surface area contributed by atoms with Gasteiger partial charge in [0.05, 0.1) is 12.2 Å². The molecule has 1 aromatic carbocycles. The molecule has 1 saturated heterocycles. The molecule has 9 heteroatoms. The Balaban J connectivity index is 0.00000450. The third kappa shape index (κ3) is 8.53. The van der Waals surface area contributed by atoms with E-state index >= 15 is 0 Å². The molecule has 0 radical (unpaired) electrons. The zero-order chi connectivity index (χ0) is 21.6. The first-order chi connectivity index (χ1) is 13.5. The summed E-state index contributed by atoms with van der Waals surface area (Å²) in [6.45, 7) is 12.9. The second kappa shape index (κ2) is 11.6. The number of guanidine groups is 1. The Morgan fingerprint density at radius 3 is 2.43 bits per heavy atom. The highest BCUT2D eigenvalue weighted by Gasteiger charge is 2.26. The summed E-state index contributed by atoms with van der Waals surface area (Å²) in [4.78, 5) is 20.0.